The standard InChI is InChI=1S/C22H21NO3S/c1-16-7-11-22(12-8-16)27(24,25)26-21-6-4-5-19(14-21)15-23-20-10-9-17(2)18(3)13-20/h4-15H,1-3H3. The van der Waals surface area contributed by atoms with Gasteiger partial charge in [0.15, 0.2) is 0 Å². The molecule has 5 heteroatoms. The van der Waals surface area contributed by atoms with Crippen LogP contribution in [0.15, 0.2) is 76.6 Å². The quantitative estimate of drug-likeness (QED) is 0.456. The van der Waals surface area contributed by atoms with Crippen molar-refractivity contribution in [3.8, 4) is 5.75 Å². The number of hydrogen-bond acceptors (Lipinski definition) is 4. The van der Waals surface area contributed by atoms with Gasteiger partial charge in [-0.05, 0) is 73.9 Å². The summed E-state index contributed by atoms with van der Waals surface area (Å²) in [6.07, 6.45) is 1.69. The van der Waals surface area contributed by atoms with Crippen LogP contribution in [0, 0.1) is 20.8 Å². The maximum Gasteiger partial charge on any atom is 0.339 e. The molecule has 0 aliphatic rings. The van der Waals surface area contributed by atoms with Gasteiger partial charge in [0.25, 0.3) is 0 Å². The highest BCUT2D eigenvalue weighted by molar-refractivity contribution is 7.87. The molecule has 3 aromatic carbocycles. The van der Waals surface area contributed by atoms with Crippen molar-refractivity contribution in [3.05, 3.63) is 89.0 Å². The van der Waals surface area contributed by atoms with Gasteiger partial charge in [-0.15, -0.1) is 0 Å². The number of nitrogens with zero attached hydrogens (tertiary/aromatic N) is 1. The van der Waals surface area contributed by atoms with Crippen LogP contribution in [0.4, 0.5) is 5.69 Å². The molecule has 27 heavy (non-hydrogen) atoms. The predicted molar refractivity (Wildman–Crippen MR) is 109 cm³/mol. The van der Waals surface area contributed by atoms with E-state index in [1.54, 1.807) is 36.5 Å². The van der Waals surface area contributed by atoms with Crippen molar-refractivity contribution in [1.29, 1.82) is 0 Å². The van der Waals surface area contributed by atoms with Crippen molar-refractivity contribution in [1.82, 2.24) is 0 Å². The lowest BCUT2D eigenvalue weighted by Crippen LogP contribution is -2.09. The van der Waals surface area contributed by atoms with Gasteiger partial charge in [0.05, 0.1) is 5.69 Å². The summed E-state index contributed by atoms with van der Waals surface area (Å²) in [5.41, 5.74) is 4.97. The summed E-state index contributed by atoms with van der Waals surface area (Å²) in [5.74, 6) is 0.250. The largest absolute Gasteiger partial charge is 0.379 e. The van der Waals surface area contributed by atoms with Gasteiger partial charge in [-0.25, -0.2) is 0 Å². The third kappa shape index (κ3) is 4.83. The highest BCUT2D eigenvalue weighted by Crippen LogP contribution is 2.21. The number of rotatable bonds is 5. The van der Waals surface area contributed by atoms with Gasteiger partial charge in [-0.3, -0.25) is 4.99 Å². The van der Waals surface area contributed by atoms with E-state index in [2.05, 4.69) is 11.9 Å². The summed E-state index contributed by atoms with van der Waals surface area (Å²) in [7, 11) is -3.87. The van der Waals surface area contributed by atoms with E-state index < -0.39 is 10.1 Å². The van der Waals surface area contributed by atoms with E-state index in [4.69, 9.17) is 4.18 Å². The minimum absolute atomic E-state index is 0.127. The van der Waals surface area contributed by atoms with E-state index in [9.17, 15) is 8.42 Å². The SMILES string of the molecule is Cc1ccc(S(=O)(=O)Oc2cccc(C=Nc3ccc(C)c(C)c3)c2)cc1. The molecule has 0 fully saturated rings. The average molecular weight is 379 g/mol. The monoisotopic (exact) mass is 379 g/mol. The van der Waals surface area contributed by atoms with Crippen LogP contribution in [0.25, 0.3) is 0 Å². The van der Waals surface area contributed by atoms with E-state index in [-0.39, 0.29) is 10.6 Å². The smallest absolute Gasteiger partial charge is 0.339 e. The topological polar surface area (TPSA) is 55.7 Å². The van der Waals surface area contributed by atoms with Gasteiger partial charge in [0, 0.05) is 6.21 Å². The Kier molecular flexibility index (Phi) is 5.42. The van der Waals surface area contributed by atoms with Crippen molar-refractivity contribution < 1.29 is 12.6 Å². The molecule has 0 unspecified atom stereocenters. The third-order valence-corrected chi connectivity index (χ3v) is 5.49. The highest BCUT2D eigenvalue weighted by Gasteiger charge is 2.16. The zero-order valence-electron chi connectivity index (χ0n) is 15.5. The van der Waals surface area contributed by atoms with E-state index in [0.29, 0.717) is 0 Å². The van der Waals surface area contributed by atoms with Gasteiger partial charge >= 0.3 is 10.1 Å². The Morgan fingerprint density at radius 3 is 2.30 bits per heavy atom. The van der Waals surface area contributed by atoms with Gasteiger partial charge in [-0.1, -0.05) is 35.9 Å². The molecule has 0 atom stereocenters. The zero-order valence-corrected chi connectivity index (χ0v) is 16.3. The Hall–Kier alpha value is -2.92. The number of benzene rings is 3. The molecule has 0 radical (unpaired) electrons. The summed E-state index contributed by atoms with van der Waals surface area (Å²) < 4.78 is 30.1. The molecule has 0 saturated carbocycles. The van der Waals surface area contributed by atoms with Crippen LogP contribution in [0.1, 0.15) is 22.3 Å². The summed E-state index contributed by atoms with van der Waals surface area (Å²) in [5, 5.41) is 0. The molecule has 3 rings (SSSR count). The Labute approximate surface area is 160 Å². The molecule has 0 bridgehead atoms. The second-order valence-corrected chi connectivity index (χ2v) is 8.00. The fourth-order valence-electron chi connectivity index (χ4n) is 2.48. The van der Waals surface area contributed by atoms with Crippen LogP contribution in [0.2, 0.25) is 0 Å². The van der Waals surface area contributed by atoms with Crippen molar-refractivity contribution in [2.24, 2.45) is 4.99 Å². The molecule has 0 heterocycles. The first-order valence-electron chi connectivity index (χ1n) is 8.56. The lowest BCUT2D eigenvalue weighted by Gasteiger charge is -2.08. The van der Waals surface area contributed by atoms with Crippen molar-refractivity contribution in [2.45, 2.75) is 25.7 Å². The lowest BCUT2D eigenvalue weighted by molar-refractivity contribution is 0.486. The molecule has 0 aliphatic heterocycles. The third-order valence-electron chi connectivity index (χ3n) is 4.23. The van der Waals surface area contributed by atoms with Crippen molar-refractivity contribution in [3.63, 3.8) is 0 Å². The van der Waals surface area contributed by atoms with E-state index in [0.717, 1.165) is 16.8 Å². The fourth-order valence-corrected chi connectivity index (χ4v) is 3.40. The normalized spacial score (nSPS) is 11.7. The Bertz CT molecular complexity index is 1080. The number of hydrogen-bond donors (Lipinski definition) is 0. The highest BCUT2D eigenvalue weighted by atomic mass is 32.2. The van der Waals surface area contributed by atoms with Gasteiger partial charge < -0.3 is 4.18 Å². The molecule has 0 saturated heterocycles. The Balaban J connectivity index is 1.80. The van der Waals surface area contributed by atoms with Crippen molar-refractivity contribution >= 4 is 22.0 Å². The minimum Gasteiger partial charge on any atom is -0.379 e. The van der Waals surface area contributed by atoms with E-state index in [1.807, 2.05) is 38.1 Å². The van der Waals surface area contributed by atoms with Gasteiger partial charge in [0.1, 0.15) is 10.6 Å². The summed E-state index contributed by atoms with van der Waals surface area (Å²) in [4.78, 5) is 4.58. The molecule has 0 aliphatic carbocycles. The maximum atomic E-state index is 12.4. The lowest BCUT2D eigenvalue weighted by atomic mass is 10.1. The molecule has 0 amide bonds. The van der Waals surface area contributed by atoms with E-state index >= 15 is 0 Å². The first-order valence-corrected chi connectivity index (χ1v) is 9.97. The zero-order chi connectivity index (χ0) is 19.4. The van der Waals surface area contributed by atoms with Crippen molar-refractivity contribution in [2.75, 3.05) is 0 Å². The molecule has 138 valence electrons. The van der Waals surface area contributed by atoms with Crippen LogP contribution in [0.3, 0.4) is 0 Å². The van der Waals surface area contributed by atoms with Gasteiger partial charge in [0.2, 0.25) is 0 Å². The summed E-state index contributed by atoms with van der Waals surface area (Å²) >= 11 is 0. The molecular formula is C22H21NO3S. The second-order valence-electron chi connectivity index (χ2n) is 6.45. The first-order chi connectivity index (χ1) is 12.8. The second kappa shape index (κ2) is 7.76. The molecule has 0 spiro atoms. The summed E-state index contributed by atoms with van der Waals surface area (Å²) in [6, 6.07) is 19.4. The van der Waals surface area contributed by atoms with Crippen LogP contribution >= 0.6 is 0 Å². The minimum atomic E-state index is -3.87. The Morgan fingerprint density at radius 2 is 1.59 bits per heavy atom. The summed E-state index contributed by atoms with van der Waals surface area (Å²) in [6.45, 7) is 5.99. The van der Waals surface area contributed by atoms with Crippen LogP contribution in [-0.2, 0) is 10.1 Å². The van der Waals surface area contributed by atoms with Crippen LogP contribution in [0.5, 0.6) is 5.75 Å². The average Bonchev–Trinajstić information content (AvgIpc) is 2.63. The molecule has 4 nitrogen and oxygen atoms in total. The number of aliphatic imine (C=N–C) groups is 1. The van der Waals surface area contributed by atoms with Gasteiger partial charge in [-0.2, -0.15) is 8.42 Å². The maximum absolute atomic E-state index is 12.4. The fraction of sp³-hybridized carbons (Fsp3) is 0.136. The molecule has 3 aromatic rings. The van der Waals surface area contributed by atoms with Crippen LogP contribution < -0.4 is 4.18 Å². The molecule has 0 N–H and O–H groups in total. The van der Waals surface area contributed by atoms with Crippen LogP contribution in [-0.4, -0.2) is 14.6 Å². The molecular weight excluding hydrogens is 358 g/mol. The molecule has 0 aromatic heterocycles. The van der Waals surface area contributed by atoms with E-state index in [1.165, 1.54) is 23.3 Å². The first kappa shape index (κ1) is 18.9. The Morgan fingerprint density at radius 1 is 0.852 bits per heavy atom. The number of aryl methyl sites for hydroxylation is 3. The predicted octanol–water partition coefficient (Wildman–Crippen LogP) is 5.13.